The highest BCUT2D eigenvalue weighted by atomic mass is 32.1. The zero-order chi connectivity index (χ0) is 12.4. The Bertz CT molecular complexity index is 525. The molecule has 0 radical (unpaired) electrons. The summed E-state index contributed by atoms with van der Waals surface area (Å²) in [5.41, 5.74) is 6.91. The molecule has 0 aliphatic heterocycles. The third kappa shape index (κ3) is 2.68. The number of aryl methyl sites for hydroxylation is 1. The monoisotopic (exact) mass is 254 g/mol. The highest BCUT2D eigenvalue weighted by molar-refractivity contribution is 7.09. The highest BCUT2D eigenvalue weighted by Crippen LogP contribution is 2.20. The average Bonchev–Trinajstić information content (AvgIpc) is 2.72. The maximum Gasteiger partial charge on any atom is 0.162 e. The van der Waals surface area contributed by atoms with Crippen molar-refractivity contribution in [1.82, 2.24) is 4.98 Å². The first-order chi connectivity index (χ1) is 8.08. The minimum atomic E-state index is -0.843. The zero-order valence-electron chi connectivity index (χ0n) is 9.28. The molecule has 0 amide bonds. The molecule has 17 heavy (non-hydrogen) atoms. The number of nitrogens with zero attached hydrogens (tertiary/aromatic N) is 1. The Labute approximate surface area is 102 Å². The molecule has 1 unspecified atom stereocenters. The van der Waals surface area contributed by atoms with Gasteiger partial charge in [-0.2, -0.15) is 0 Å². The van der Waals surface area contributed by atoms with Crippen molar-refractivity contribution in [3.8, 4) is 0 Å². The first kappa shape index (κ1) is 12.1. The van der Waals surface area contributed by atoms with E-state index in [1.165, 1.54) is 23.5 Å². The van der Waals surface area contributed by atoms with E-state index in [0.717, 1.165) is 16.8 Å². The topological polar surface area (TPSA) is 38.9 Å². The molecule has 0 fully saturated rings. The van der Waals surface area contributed by atoms with Crippen LogP contribution in [0, 0.1) is 18.6 Å². The number of benzene rings is 1. The maximum atomic E-state index is 13.4. The van der Waals surface area contributed by atoms with E-state index in [-0.39, 0.29) is 12.0 Å². The summed E-state index contributed by atoms with van der Waals surface area (Å²) >= 11 is 1.49. The van der Waals surface area contributed by atoms with Crippen LogP contribution in [0.3, 0.4) is 0 Å². The number of hydrogen-bond donors (Lipinski definition) is 1. The number of thiazole rings is 1. The number of nitrogens with two attached hydrogens (primary N) is 1. The summed E-state index contributed by atoms with van der Waals surface area (Å²) in [6.07, 6.45) is 0.243. The number of rotatable bonds is 3. The van der Waals surface area contributed by atoms with Gasteiger partial charge in [-0.25, -0.2) is 13.8 Å². The van der Waals surface area contributed by atoms with Crippen LogP contribution in [-0.4, -0.2) is 4.98 Å². The van der Waals surface area contributed by atoms with E-state index in [9.17, 15) is 8.78 Å². The van der Waals surface area contributed by atoms with E-state index < -0.39 is 17.7 Å². The summed E-state index contributed by atoms with van der Waals surface area (Å²) in [7, 11) is 0. The van der Waals surface area contributed by atoms with Gasteiger partial charge >= 0.3 is 0 Å². The summed E-state index contributed by atoms with van der Waals surface area (Å²) in [6.45, 7) is 1.88. The molecule has 2 aromatic rings. The molecule has 1 atom stereocenters. The Morgan fingerprint density at radius 2 is 2.18 bits per heavy atom. The van der Waals surface area contributed by atoms with Gasteiger partial charge in [0.25, 0.3) is 0 Å². The van der Waals surface area contributed by atoms with Crippen LogP contribution >= 0.6 is 11.3 Å². The number of aromatic nitrogens is 1. The predicted octanol–water partition coefficient (Wildman–Crippen LogP) is 2.97. The maximum absolute atomic E-state index is 13.4. The minimum absolute atomic E-state index is 0.243. The van der Waals surface area contributed by atoms with Gasteiger partial charge in [0.15, 0.2) is 11.6 Å². The van der Waals surface area contributed by atoms with Crippen LogP contribution in [-0.2, 0) is 6.42 Å². The molecule has 0 spiro atoms. The second kappa shape index (κ2) is 4.89. The SMILES string of the molecule is Cc1nc(C(N)Cc2cccc(F)c2F)cs1. The van der Waals surface area contributed by atoms with Gasteiger partial charge in [0, 0.05) is 5.38 Å². The Balaban J connectivity index is 2.18. The van der Waals surface area contributed by atoms with E-state index in [1.807, 2.05) is 12.3 Å². The van der Waals surface area contributed by atoms with Crippen LogP contribution in [0.4, 0.5) is 8.78 Å². The van der Waals surface area contributed by atoms with Crippen molar-refractivity contribution in [2.24, 2.45) is 5.73 Å². The molecule has 2 rings (SSSR count). The molecular weight excluding hydrogens is 242 g/mol. The summed E-state index contributed by atoms with van der Waals surface area (Å²) in [4.78, 5) is 4.24. The van der Waals surface area contributed by atoms with E-state index >= 15 is 0 Å². The predicted molar refractivity (Wildman–Crippen MR) is 63.8 cm³/mol. The number of halogens is 2. The summed E-state index contributed by atoms with van der Waals surface area (Å²) in [6, 6.07) is 3.71. The summed E-state index contributed by atoms with van der Waals surface area (Å²) in [5.74, 6) is -1.67. The lowest BCUT2D eigenvalue weighted by Crippen LogP contribution is -2.15. The second-order valence-electron chi connectivity index (χ2n) is 3.81. The average molecular weight is 254 g/mol. The van der Waals surface area contributed by atoms with Crippen LogP contribution in [0.2, 0.25) is 0 Å². The van der Waals surface area contributed by atoms with Gasteiger partial charge in [-0.05, 0) is 25.0 Å². The molecule has 2 nitrogen and oxygen atoms in total. The van der Waals surface area contributed by atoms with E-state index in [2.05, 4.69) is 4.98 Å². The normalized spacial score (nSPS) is 12.7. The van der Waals surface area contributed by atoms with Gasteiger partial charge in [0.2, 0.25) is 0 Å². The Kier molecular flexibility index (Phi) is 3.49. The third-order valence-corrected chi connectivity index (χ3v) is 3.28. The smallest absolute Gasteiger partial charge is 0.162 e. The fraction of sp³-hybridized carbons (Fsp3) is 0.250. The number of hydrogen-bond acceptors (Lipinski definition) is 3. The molecule has 0 aliphatic carbocycles. The third-order valence-electron chi connectivity index (χ3n) is 2.49. The van der Waals surface area contributed by atoms with Gasteiger partial charge in [-0.15, -0.1) is 11.3 Å². The van der Waals surface area contributed by atoms with Crippen LogP contribution in [0.5, 0.6) is 0 Å². The van der Waals surface area contributed by atoms with Gasteiger partial charge in [-0.1, -0.05) is 12.1 Å². The molecule has 0 saturated carbocycles. The van der Waals surface area contributed by atoms with Crippen LogP contribution < -0.4 is 5.73 Å². The molecule has 5 heteroatoms. The van der Waals surface area contributed by atoms with Crippen molar-refractivity contribution in [2.75, 3.05) is 0 Å². The highest BCUT2D eigenvalue weighted by Gasteiger charge is 2.14. The van der Waals surface area contributed by atoms with Crippen molar-refractivity contribution in [3.63, 3.8) is 0 Å². The molecular formula is C12H12F2N2S. The summed E-state index contributed by atoms with van der Waals surface area (Å²) in [5, 5.41) is 2.76. The molecule has 1 heterocycles. The molecule has 0 aliphatic rings. The van der Waals surface area contributed by atoms with Crippen LogP contribution in [0.25, 0.3) is 0 Å². The fourth-order valence-corrected chi connectivity index (χ4v) is 2.27. The lowest BCUT2D eigenvalue weighted by Gasteiger charge is -2.09. The van der Waals surface area contributed by atoms with E-state index in [1.54, 1.807) is 0 Å². The van der Waals surface area contributed by atoms with Crippen molar-refractivity contribution in [3.05, 3.63) is 51.5 Å². The molecule has 1 aromatic carbocycles. The minimum Gasteiger partial charge on any atom is -0.322 e. The van der Waals surface area contributed by atoms with Crippen LogP contribution in [0.1, 0.15) is 22.3 Å². The quantitative estimate of drug-likeness (QED) is 0.914. The van der Waals surface area contributed by atoms with Gasteiger partial charge < -0.3 is 5.73 Å². The Morgan fingerprint density at radius 3 is 2.82 bits per heavy atom. The summed E-state index contributed by atoms with van der Waals surface area (Å²) < 4.78 is 26.4. The van der Waals surface area contributed by atoms with E-state index in [4.69, 9.17) is 5.73 Å². The fourth-order valence-electron chi connectivity index (χ4n) is 1.60. The Morgan fingerprint density at radius 1 is 1.41 bits per heavy atom. The van der Waals surface area contributed by atoms with E-state index in [0.29, 0.717) is 0 Å². The Hall–Kier alpha value is -1.33. The molecule has 90 valence electrons. The lowest BCUT2D eigenvalue weighted by molar-refractivity contribution is 0.493. The molecule has 0 saturated heterocycles. The zero-order valence-corrected chi connectivity index (χ0v) is 10.1. The van der Waals surface area contributed by atoms with Crippen LogP contribution in [0.15, 0.2) is 23.6 Å². The second-order valence-corrected chi connectivity index (χ2v) is 4.88. The van der Waals surface area contributed by atoms with Gasteiger partial charge in [-0.3, -0.25) is 0 Å². The standard InChI is InChI=1S/C12H12F2N2S/c1-7-16-11(6-17-7)10(15)5-8-3-2-4-9(13)12(8)14/h2-4,6,10H,5,15H2,1H3. The van der Waals surface area contributed by atoms with Crippen molar-refractivity contribution < 1.29 is 8.78 Å². The molecule has 2 N–H and O–H groups in total. The van der Waals surface area contributed by atoms with Crippen molar-refractivity contribution >= 4 is 11.3 Å². The van der Waals surface area contributed by atoms with Crippen molar-refractivity contribution in [2.45, 2.75) is 19.4 Å². The molecule has 1 aromatic heterocycles. The molecule has 0 bridgehead atoms. The largest absolute Gasteiger partial charge is 0.322 e. The first-order valence-corrected chi connectivity index (χ1v) is 6.06. The lowest BCUT2D eigenvalue weighted by atomic mass is 10.0. The van der Waals surface area contributed by atoms with Gasteiger partial charge in [0.1, 0.15) is 0 Å². The first-order valence-electron chi connectivity index (χ1n) is 5.18. The van der Waals surface area contributed by atoms with Gasteiger partial charge in [0.05, 0.1) is 16.7 Å². The van der Waals surface area contributed by atoms with Crippen molar-refractivity contribution in [1.29, 1.82) is 0 Å².